The molecular weight excluding hydrogens is 529 g/mol. The number of halogens is 1. The van der Waals surface area contributed by atoms with Crippen molar-refractivity contribution in [3.8, 4) is 28.5 Å². The number of methoxy groups -OCH3 is 1. The first-order valence-corrected chi connectivity index (χ1v) is 14.4. The fraction of sp³-hybridized carbons (Fsp3) is 0.355. The minimum atomic E-state index is -0.537. The van der Waals surface area contributed by atoms with E-state index in [1.807, 2.05) is 49.2 Å². The van der Waals surface area contributed by atoms with Gasteiger partial charge in [-0.3, -0.25) is 4.79 Å². The van der Waals surface area contributed by atoms with Crippen molar-refractivity contribution >= 4 is 27.3 Å². The maximum Gasteiger partial charge on any atom is 0.268 e. The average molecular weight is 564 g/mol. The number of nitrogens with zero attached hydrogens (tertiary/aromatic N) is 2. The van der Waals surface area contributed by atoms with Crippen molar-refractivity contribution in [3.63, 3.8) is 0 Å². The molecule has 0 unspecified atom stereocenters. The molecule has 0 radical (unpaired) electrons. The first kappa shape index (κ1) is 27.9. The van der Waals surface area contributed by atoms with Gasteiger partial charge in [0.2, 0.25) is 5.88 Å². The number of hydrogen-bond acceptors (Lipinski definition) is 7. The van der Waals surface area contributed by atoms with Gasteiger partial charge in [0.15, 0.2) is 0 Å². The number of carbonyl (C=O) groups excluding carboxylic acids is 1. The number of hydrogen-bond donors (Lipinski definition) is 2. The van der Waals surface area contributed by atoms with Crippen LogP contribution in [0, 0.1) is 5.82 Å². The predicted octanol–water partition coefficient (Wildman–Crippen LogP) is 6.39. The summed E-state index contributed by atoms with van der Waals surface area (Å²) < 4.78 is 26.4. The summed E-state index contributed by atoms with van der Waals surface area (Å²) in [7, 11) is 3.58. The van der Waals surface area contributed by atoms with Crippen LogP contribution in [0.2, 0.25) is 0 Å². The van der Waals surface area contributed by atoms with Crippen LogP contribution in [0.3, 0.4) is 0 Å². The van der Waals surface area contributed by atoms with Crippen LogP contribution < -0.4 is 14.8 Å². The van der Waals surface area contributed by atoms with Crippen LogP contribution >= 0.6 is 11.3 Å². The third kappa shape index (κ3) is 5.62. The summed E-state index contributed by atoms with van der Waals surface area (Å²) >= 11 is 1.12. The summed E-state index contributed by atoms with van der Waals surface area (Å²) in [4.78, 5) is 20.4. The number of carbonyl (C=O) groups is 1. The van der Waals surface area contributed by atoms with E-state index in [1.54, 1.807) is 25.4 Å². The lowest BCUT2D eigenvalue weighted by molar-refractivity contribution is 0.0602. The molecule has 7 nitrogen and oxygen atoms in total. The zero-order chi connectivity index (χ0) is 28.2. The van der Waals surface area contributed by atoms with Crippen molar-refractivity contribution in [2.24, 2.45) is 0 Å². The van der Waals surface area contributed by atoms with Crippen LogP contribution in [0.1, 0.15) is 47.8 Å². The van der Waals surface area contributed by atoms with Crippen molar-refractivity contribution in [2.45, 2.75) is 51.2 Å². The molecule has 2 N–H and O–H groups in total. The van der Waals surface area contributed by atoms with Gasteiger partial charge in [0.1, 0.15) is 22.2 Å². The second-order valence-corrected chi connectivity index (χ2v) is 11.0. The fourth-order valence-electron chi connectivity index (χ4n) is 5.49. The topological polar surface area (TPSA) is 83.9 Å². The highest BCUT2D eigenvalue weighted by molar-refractivity contribution is 7.21. The first-order valence-electron chi connectivity index (χ1n) is 13.6. The molecule has 0 saturated heterocycles. The molecule has 1 amide bonds. The number of amides is 1. The number of pyridine rings is 1. The highest BCUT2D eigenvalue weighted by atomic mass is 32.1. The minimum Gasteiger partial charge on any atom is -0.505 e. The highest BCUT2D eigenvalue weighted by Crippen LogP contribution is 2.40. The average Bonchev–Trinajstić information content (AvgIpc) is 3.33. The Labute approximate surface area is 237 Å². The molecule has 1 saturated carbocycles. The van der Waals surface area contributed by atoms with Gasteiger partial charge in [-0.15, -0.1) is 11.3 Å². The van der Waals surface area contributed by atoms with E-state index < -0.39 is 5.82 Å². The largest absolute Gasteiger partial charge is 0.505 e. The normalized spacial score (nSPS) is 17.1. The van der Waals surface area contributed by atoms with Gasteiger partial charge < -0.3 is 24.8 Å². The van der Waals surface area contributed by atoms with E-state index in [9.17, 15) is 14.3 Å². The Morgan fingerprint density at radius 2 is 1.93 bits per heavy atom. The van der Waals surface area contributed by atoms with Crippen LogP contribution in [0.4, 0.5) is 4.39 Å². The van der Waals surface area contributed by atoms with Crippen LogP contribution in [0.15, 0.2) is 54.7 Å². The van der Waals surface area contributed by atoms with Crippen LogP contribution in [-0.2, 0) is 6.54 Å². The lowest BCUT2D eigenvalue weighted by Crippen LogP contribution is -2.44. The number of nitrogens with one attached hydrogen (secondary N) is 1. The summed E-state index contributed by atoms with van der Waals surface area (Å²) in [5.74, 6) is 0.0718. The van der Waals surface area contributed by atoms with Crippen LogP contribution in [-0.4, -0.2) is 53.7 Å². The number of thiophene rings is 1. The second kappa shape index (κ2) is 12.2. The number of rotatable bonds is 9. The number of ether oxygens (including phenoxy) is 2. The Morgan fingerprint density at radius 3 is 2.62 bits per heavy atom. The molecule has 0 bridgehead atoms. The van der Waals surface area contributed by atoms with Gasteiger partial charge in [-0.05, 0) is 81.1 Å². The molecule has 9 heteroatoms. The van der Waals surface area contributed by atoms with Crippen LogP contribution in [0.5, 0.6) is 17.4 Å². The zero-order valence-corrected chi connectivity index (χ0v) is 23.8. The van der Waals surface area contributed by atoms with Gasteiger partial charge in [-0.25, -0.2) is 9.37 Å². The monoisotopic (exact) mass is 563 g/mol. The SMILES string of the molecule is CCOc1cc(-c2ccc(OC)c(CN(C(=O)c3sc4cccc(F)c4c3O)C3CCC(NC)CC3)c2)ccn1. The molecule has 40 heavy (non-hydrogen) atoms. The van der Waals surface area contributed by atoms with E-state index >= 15 is 0 Å². The number of aromatic nitrogens is 1. The van der Waals surface area contributed by atoms with Gasteiger partial charge in [0.25, 0.3) is 5.91 Å². The summed E-state index contributed by atoms with van der Waals surface area (Å²) in [6.45, 7) is 2.72. The Hall–Kier alpha value is -3.69. The molecule has 210 valence electrons. The quantitative estimate of drug-likeness (QED) is 0.246. The lowest BCUT2D eigenvalue weighted by atomic mass is 9.89. The molecule has 2 heterocycles. The summed E-state index contributed by atoms with van der Waals surface area (Å²) in [6, 6.07) is 14.7. The van der Waals surface area contributed by atoms with E-state index in [0.717, 1.165) is 53.7 Å². The highest BCUT2D eigenvalue weighted by Gasteiger charge is 2.33. The van der Waals surface area contributed by atoms with E-state index in [-0.39, 0.29) is 34.5 Å². The Bertz CT molecular complexity index is 1500. The Morgan fingerprint density at radius 1 is 1.15 bits per heavy atom. The van der Waals surface area contributed by atoms with Crippen molar-refractivity contribution in [1.29, 1.82) is 0 Å². The van der Waals surface area contributed by atoms with E-state index in [4.69, 9.17) is 9.47 Å². The Kier molecular flexibility index (Phi) is 8.52. The van der Waals surface area contributed by atoms with Gasteiger partial charge in [-0.2, -0.15) is 0 Å². The maximum atomic E-state index is 14.6. The summed E-state index contributed by atoms with van der Waals surface area (Å²) in [5, 5.41) is 14.4. The number of fused-ring (bicyclic) bond motifs is 1. The molecule has 2 aromatic carbocycles. The molecular formula is C31H34FN3O4S. The van der Waals surface area contributed by atoms with Gasteiger partial charge in [0, 0.05) is 41.2 Å². The van der Waals surface area contributed by atoms with Crippen molar-refractivity contribution in [3.05, 3.63) is 71.0 Å². The summed E-state index contributed by atoms with van der Waals surface area (Å²) in [5.41, 5.74) is 2.72. The van der Waals surface area contributed by atoms with Crippen molar-refractivity contribution < 1.29 is 23.8 Å². The number of aromatic hydroxyl groups is 1. The molecule has 2 aromatic heterocycles. The van der Waals surface area contributed by atoms with E-state index in [2.05, 4.69) is 10.3 Å². The molecule has 0 aliphatic heterocycles. The van der Waals surface area contributed by atoms with Crippen molar-refractivity contribution in [2.75, 3.05) is 20.8 Å². The zero-order valence-electron chi connectivity index (χ0n) is 22.9. The lowest BCUT2D eigenvalue weighted by Gasteiger charge is -2.37. The smallest absolute Gasteiger partial charge is 0.268 e. The van der Waals surface area contributed by atoms with Gasteiger partial charge in [-0.1, -0.05) is 12.1 Å². The maximum absolute atomic E-state index is 14.6. The van der Waals surface area contributed by atoms with Gasteiger partial charge in [0.05, 0.1) is 19.1 Å². The minimum absolute atomic E-state index is 0.0367. The molecule has 0 spiro atoms. The molecule has 1 fully saturated rings. The molecule has 4 aromatic rings. The third-order valence-corrected chi connectivity index (χ3v) is 8.75. The van der Waals surface area contributed by atoms with Crippen molar-refractivity contribution in [1.82, 2.24) is 15.2 Å². The summed E-state index contributed by atoms with van der Waals surface area (Å²) in [6.07, 6.45) is 5.23. The van der Waals surface area contributed by atoms with E-state index in [1.165, 1.54) is 6.07 Å². The third-order valence-electron chi connectivity index (χ3n) is 7.62. The Balaban J connectivity index is 1.53. The molecule has 5 rings (SSSR count). The molecule has 0 atom stereocenters. The van der Waals surface area contributed by atoms with Crippen LogP contribution in [0.25, 0.3) is 21.2 Å². The number of benzene rings is 2. The molecule has 1 aliphatic carbocycles. The molecule has 1 aliphatic rings. The first-order chi connectivity index (χ1) is 19.4. The standard InChI is InChI=1S/C31H34FN3O4S/c1-4-39-27-17-20(14-15-34-27)19-8-13-25(38-3)21(16-19)18-35(23-11-9-22(33-2)10-12-23)31(37)30-29(36)28-24(32)6-5-7-26(28)40-30/h5-8,13-17,22-23,33,36H,4,9-12,18H2,1-3H3. The predicted molar refractivity (Wildman–Crippen MR) is 156 cm³/mol. The fourth-order valence-corrected chi connectivity index (χ4v) is 6.56. The van der Waals surface area contributed by atoms with Gasteiger partial charge >= 0.3 is 0 Å². The second-order valence-electron chi connectivity index (χ2n) is 9.96. The van der Waals surface area contributed by atoms with E-state index in [0.29, 0.717) is 29.0 Å².